The maximum atomic E-state index is 13.1. The summed E-state index contributed by atoms with van der Waals surface area (Å²) in [4.78, 5) is 25.8. The minimum atomic E-state index is -4.80. The number of nitrogens with zero attached hydrogens (tertiary/aromatic N) is 2. The maximum absolute atomic E-state index is 13.1. The summed E-state index contributed by atoms with van der Waals surface area (Å²) in [5.74, 6) is -0.764. The molecule has 5 rings (SSSR count). The number of aryl methyl sites for hydroxylation is 1. The summed E-state index contributed by atoms with van der Waals surface area (Å²) in [5, 5.41) is 9.95. The third-order valence-corrected chi connectivity index (χ3v) is 5.59. The van der Waals surface area contributed by atoms with Crippen LogP contribution in [0.5, 0.6) is 5.75 Å². The molecular weight excluding hydrogens is 413 g/mol. The molecule has 3 aromatic rings. The van der Waals surface area contributed by atoms with E-state index in [0.717, 1.165) is 17.7 Å². The average molecular weight is 428 g/mol. The molecule has 0 fully saturated rings. The number of carbonyl (C=O) groups is 2. The molecule has 0 bridgehead atoms. The highest BCUT2D eigenvalue weighted by molar-refractivity contribution is 6.15. The van der Waals surface area contributed by atoms with E-state index < -0.39 is 11.8 Å². The molecule has 1 unspecified atom stereocenters. The summed E-state index contributed by atoms with van der Waals surface area (Å²) in [6.45, 7) is 1.87. The Bertz CT molecular complexity index is 1230. The van der Waals surface area contributed by atoms with Crippen LogP contribution in [0.15, 0.2) is 48.7 Å². The zero-order valence-corrected chi connectivity index (χ0v) is 16.1. The van der Waals surface area contributed by atoms with Crippen LogP contribution in [0.4, 0.5) is 24.7 Å². The van der Waals surface area contributed by atoms with Crippen LogP contribution in [-0.2, 0) is 15.0 Å². The molecule has 0 saturated heterocycles. The van der Waals surface area contributed by atoms with Crippen LogP contribution in [0.3, 0.4) is 0 Å². The Kier molecular flexibility index (Phi) is 3.92. The lowest BCUT2D eigenvalue weighted by atomic mass is 9.71. The van der Waals surface area contributed by atoms with Crippen molar-refractivity contribution in [2.24, 2.45) is 0 Å². The minimum absolute atomic E-state index is 0.0770. The zero-order chi connectivity index (χ0) is 22.0. The second kappa shape index (κ2) is 6.34. The first kappa shape index (κ1) is 19.2. The summed E-state index contributed by atoms with van der Waals surface area (Å²) in [6.07, 6.45) is -3.37. The number of nitrogens with one attached hydrogen (secondary N) is 2. The van der Waals surface area contributed by atoms with E-state index in [9.17, 15) is 22.8 Å². The van der Waals surface area contributed by atoms with E-state index >= 15 is 0 Å². The number of amides is 2. The van der Waals surface area contributed by atoms with E-state index in [-0.39, 0.29) is 24.0 Å². The number of halogens is 3. The van der Waals surface area contributed by atoms with Gasteiger partial charge >= 0.3 is 6.36 Å². The quantitative estimate of drug-likeness (QED) is 0.653. The van der Waals surface area contributed by atoms with Crippen LogP contribution in [0.1, 0.15) is 23.1 Å². The van der Waals surface area contributed by atoms with Crippen molar-refractivity contribution < 1.29 is 27.5 Å². The SMILES string of the molecule is Cc1cccc2c1NC(=O)C21CC(=O)Nc2c1cnn2-c1ccc(OC(F)(F)F)cc1. The van der Waals surface area contributed by atoms with Crippen molar-refractivity contribution in [3.63, 3.8) is 0 Å². The normalized spacial score (nSPS) is 19.6. The Labute approximate surface area is 173 Å². The summed E-state index contributed by atoms with van der Waals surface area (Å²) in [7, 11) is 0. The van der Waals surface area contributed by atoms with Crippen LogP contribution < -0.4 is 15.4 Å². The van der Waals surface area contributed by atoms with Gasteiger partial charge < -0.3 is 15.4 Å². The van der Waals surface area contributed by atoms with Crippen molar-refractivity contribution in [1.29, 1.82) is 0 Å². The highest BCUT2D eigenvalue weighted by atomic mass is 19.4. The molecule has 1 aromatic heterocycles. The fourth-order valence-electron chi connectivity index (χ4n) is 4.25. The van der Waals surface area contributed by atoms with Gasteiger partial charge in [0.1, 0.15) is 17.0 Å². The predicted molar refractivity (Wildman–Crippen MR) is 104 cm³/mol. The standard InChI is InChI=1S/C21H15F3N4O3/c1-11-3-2-4-14-17(11)27-19(30)20(14)9-16(29)26-18-15(20)10-25-28(18)12-5-7-13(8-6-12)31-21(22,23)24/h2-8,10H,9H2,1H3,(H,26,29)(H,27,30). The maximum Gasteiger partial charge on any atom is 0.573 e. The van der Waals surface area contributed by atoms with E-state index in [2.05, 4.69) is 20.5 Å². The Morgan fingerprint density at radius 1 is 1.06 bits per heavy atom. The summed E-state index contributed by atoms with van der Waals surface area (Å²) >= 11 is 0. The molecule has 2 amide bonds. The number of benzene rings is 2. The topological polar surface area (TPSA) is 85.3 Å². The van der Waals surface area contributed by atoms with Crippen LogP contribution in [0.25, 0.3) is 5.69 Å². The Morgan fingerprint density at radius 3 is 2.52 bits per heavy atom. The molecule has 1 spiro atoms. The number of aromatic nitrogens is 2. The molecule has 0 saturated carbocycles. The number of hydrogen-bond donors (Lipinski definition) is 2. The second-order valence-electron chi connectivity index (χ2n) is 7.44. The number of rotatable bonds is 2. The van der Waals surface area contributed by atoms with E-state index in [4.69, 9.17) is 0 Å². The molecule has 1 atom stereocenters. The van der Waals surface area contributed by atoms with Gasteiger partial charge in [-0.25, -0.2) is 4.68 Å². The molecule has 2 aromatic carbocycles. The largest absolute Gasteiger partial charge is 0.573 e. The van der Waals surface area contributed by atoms with Gasteiger partial charge in [-0.3, -0.25) is 9.59 Å². The molecule has 2 aliphatic heterocycles. The molecule has 0 aliphatic carbocycles. The number of carbonyl (C=O) groups excluding carboxylic acids is 2. The van der Waals surface area contributed by atoms with Crippen LogP contribution in [-0.4, -0.2) is 28.0 Å². The number of alkyl halides is 3. The smallest absolute Gasteiger partial charge is 0.406 e. The summed E-state index contributed by atoms with van der Waals surface area (Å²) < 4.78 is 42.5. The summed E-state index contributed by atoms with van der Waals surface area (Å²) in [6, 6.07) is 10.6. The fraction of sp³-hybridized carbons (Fsp3) is 0.190. The van der Waals surface area contributed by atoms with Crippen molar-refractivity contribution in [2.75, 3.05) is 10.6 Å². The molecule has 0 radical (unpaired) electrons. The number of hydrogen-bond acceptors (Lipinski definition) is 4. The molecule has 2 N–H and O–H groups in total. The van der Waals surface area contributed by atoms with Crippen LogP contribution in [0, 0.1) is 6.92 Å². The van der Waals surface area contributed by atoms with Crippen molar-refractivity contribution in [3.05, 3.63) is 65.4 Å². The molecular formula is C21H15F3N4O3. The van der Waals surface area contributed by atoms with Crippen molar-refractivity contribution in [2.45, 2.75) is 25.1 Å². The molecule has 31 heavy (non-hydrogen) atoms. The van der Waals surface area contributed by atoms with Gasteiger partial charge in [0, 0.05) is 17.7 Å². The van der Waals surface area contributed by atoms with Gasteiger partial charge in [0.05, 0.1) is 11.9 Å². The highest BCUT2D eigenvalue weighted by Gasteiger charge is 2.54. The number of anilines is 2. The lowest BCUT2D eigenvalue weighted by Crippen LogP contribution is -2.43. The molecule has 10 heteroatoms. The Balaban J connectivity index is 1.62. The Hall–Kier alpha value is -3.82. The van der Waals surface area contributed by atoms with E-state index in [1.54, 1.807) is 0 Å². The molecule has 158 valence electrons. The molecule has 3 heterocycles. The van der Waals surface area contributed by atoms with E-state index in [1.807, 2.05) is 25.1 Å². The third-order valence-electron chi connectivity index (χ3n) is 5.59. The first-order valence-electron chi connectivity index (χ1n) is 9.35. The van der Waals surface area contributed by atoms with Crippen molar-refractivity contribution in [3.8, 4) is 11.4 Å². The van der Waals surface area contributed by atoms with Crippen LogP contribution in [0.2, 0.25) is 0 Å². The second-order valence-corrected chi connectivity index (χ2v) is 7.44. The van der Waals surface area contributed by atoms with E-state index in [0.29, 0.717) is 28.3 Å². The lowest BCUT2D eigenvalue weighted by molar-refractivity contribution is -0.274. The minimum Gasteiger partial charge on any atom is -0.406 e. The van der Waals surface area contributed by atoms with Gasteiger partial charge in [-0.15, -0.1) is 13.2 Å². The number of fused-ring (bicyclic) bond motifs is 4. The van der Waals surface area contributed by atoms with Gasteiger partial charge in [0.2, 0.25) is 11.8 Å². The third kappa shape index (κ3) is 2.86. The van der Waals surface area contributed by atoms with Crippen molar-refractivity contribution >= 4 is 23.3 Å². The van der Waals surface area contributed by atoms with Crippen molar-refractivity contribution in [1.82, 2.24) is 9.78 Å². The Morgan fingerprint density at radius 2 is 1.81 bits per heavy atom. The molecule has 2 aliphatic rings. The van der Waals surface area contributed by atoms with Gasteiger partial charge in [-0.2, -0.15) is 5.10 Å². The van der Waals surface area contributed by atoms with Gasteiger partial charge in [0.25, 0.3) is 0 Å². The lowest BCUT2D eigenvalue weighted by Gasteiger charge is -2.31. The first-order valence-corrected chi connectivity index (χ1v) is 9.35. The number of para-hydroxylation sites is 1. The van der Waals surface area contributed by atoms with Gasteiger partial charge in [0.15, 0.2) is 0 Å². The fourth-order valence-corrected chi connectivity index (χ4v) is 4.25. The monoisotopic (exact) mass is 428 g/mol. The van der Waals surface area contributed by atoms with E-state index in [1.165, 1.54) is 23.0 Å². The first-order chi connectivity index (χ1) is 14.7. The molecule has 7 nitrogen and oxygen atoms in total. The highest BCUT2D eigenvalue weighted by Crippen LogP contribution is 2.50. The summed E-state index contributed by atoms with van der Waals surface area (Å²) in [5.41, 5.74) is 1.94. The van der Waals surface area contributed by atoms with Gasteiger partial charge in [-0.1, -0.05) is 18.2 Å². The van der Waals surface area contributed by atoms with Gasteiger partial charge in [-0.05, 0) is 42.3 Å². The average Bonchev–Trinajstić information content (AvgIpc) is 3.23. The van der Waals surface area contributed by atoms with Crippen LogP contribution >= 0.6 is 0 Å². The zero-order valence-electron chi connectivity index (χ0n) is 16.1. The number of ether oxygens (including phenoxy) is 1. The predicted octanol–water partition coefficient (Wildman–Crippen LogP) is 3.66.